The van der Waals surface area contributed by atoms with Crippen LogP contribution in [0.5, 0.6) is 0 Å². The highest BCUT2D eigenvalue weighted by Gasteiger charge is 2.01. The summed E-state index contributed by atoms with van der Waals surface area (Å²) in [6.07, 6.45) is 0. The van der Waals surface area contributed by atoms with E-state index in [2.05, 4.69) is 6.07 Å². The van der Waals surface area contributed by atoms with Gasteiger partial charge in [-0.1, -0.05) is 11.6 Å². The zero-order valence-corrected chi connectivity index (χ0v) is 8.78. The lowest BCUT2D eigenvalue weighted by Crippen LogP contribution is -1.79. The molecule has 0 aliphatic heterocycles. The van der Waals surface area contributed by atoms with Gasteiger partial charge in [-0.05, 0) is 29.7 Å². The van der Waals surface area contributed by atoms with Crippen molar-refractivity contribution >= 4 is 33.0 Å². The van der Waals surface area contributed by atoms with E-state index in [1.165, 1.54) is 15.0 Å². The summed E-state index contributed by atoms with van der Waals surface area (Å²) < 4.78 is 6.33. The van der Waals surface area contributed by atoms with Gasteiger partial charge >= 0.3 is 0 Å². The second-order valence-corrected chi connectivity index (χ2v) is 4.43. The van der Waals surface area contributed by atoms with E-state index >= 15 is 0 Å². The van der Waals surface area contributed by atoms with E-state index in [1.807, 2.05) is 18.2 Å². The summed E-state index contributed by atoms with van der Waals surface area (Å²) in [7, 11) is 1.71. The second-order valence-electron chi connectivity index (χ2n) is 2.83. The van der Waals surface area contributed by atoms with Crippen molar-refractivity contribution in [1.82, 2.24) is 0 Å². The summed E-state index contributed by atoms with van der Waals surface area (Å²) in [4.78, 5) is 1.24. The molecule has 1 nitrogen and oxygen atoms in total. The molecule has 0 unspecified atom stereocenters. The van der Waals surface area contributed by atoms with E-state index in [4.69, 9.17) is 16.3 Å². The van der Waals surface area contributed by atoms with Crippen LogP contribution < -0.4 is 0 Å². The molecule has 0 fully saturated rings. The Morgan fingerprint density at radius 2 is 2.23 bits per heavy atom. The molecule has 0 bridgehead atoms. The summed E-state index contributed by atoms with van der Waals surface area (Å²) in [5.41, 5.74) is 0. The zero-order valence-electron chi connectivity index (χ0n) is 7.21. The average molecular weight is 213 g/mol. The van der Waals surface area contributed by atoms with Crippen LogP contribution in [0, 0.1) is 0 Å². The lowest BCUT2D eigenvalue weighted by atomic mass is 10.2. The largest absolute Gasteiger partial charge is 0.379 e. The first-order chi connectivity index (χ1) is 6.29. The normalized spacial score (nSPS) is 10.9. The molecule has 1 aromatic heterocycles. The van der Waals surface area contributed by atoms with Crippen LogP contribution in [0.15, 0.2) is 24.3 Å². The maximum Gasteiger partial charge on any atom is 0.0806 e. The Hall–Kier alpha value is -0.570. The van der Waals surface area contributed by atoms with E-state index in [-0.39, 0.29) is 0 Å². The quantitative estimate of drug-likeness (QED) is 0.738. The molecule has 13 heavy (non-hydrogen) atoms. The molecule has 68 valence electrons. The minimum Gasteiger partial charge on any atom is -0.379 e. The predicted octanol–water partition coefficient (Wildman–Crippen LogP) is 3.70. The lowest BCUT2D eigenvalue weighted by molar-refractivity contribution is 0.187. The van der Waals surface area contributed by atoms with E-state index in [9.17, 15) is 0 Å². The molecule has 2 rings (SSSR count). The van der Waals surface area contributed by atoms with Crippen LogP contribution in [0.25, 0.3) is 10.1 Å². The third-order valence-corrected chi connectivity index (χ3v) is 3.14. The third kappa shape index (κ3) is 1.85. The van der Waals surface area contributed by atoms with Gasteiger partial charge in [0.2, 0.25) is 0 Å². The molecule has 0 N–H and O–H groups in total. The van der Waals surface area contributed by atoms with Gasteiger partial charge in [0.1, 0.15) is 0 Å². The highest BCUT2D eigenvalue weighted by atomic mass is 35.5. The number of benzene rings is 1. The molecule has 0 spiro atoms. The van der Waals surface area contributed by atoms with Crippen LogP contribution in [-0.2, 0) is 11.3 Å². The van der Waals surface area contributed by atoms with E-state index in [1.54, 1.807) is 18.4 Å². The molecule has 1 aromatic carbocycles. The first-order valence-corrected chi connectivity index (χ1v) is 5.16. The molecular weight excluding hydrogens is 204 g/mol. The van der Waals surface area contributed by atoms with Gasteiger partial charge < -0.3 is 4.74 Å². The Morgan fingerprint density at radius 3 is 3.00 bits per heavy atom. The maximum atomic E-state index is 5.88. The Bertz CT molecular complexity index is 422. The van der Waals surface area contributed by atoms with Crippen molar-refractivity contribution in [2.75, 3.05) is 7.11 Å². The molecule has 0 amide bonds. The Kier molecular flexibility index (Phi) is 2.54. The Labute approximate surface area is 85.9 Å². The van der Waals surface area contributed by atoms with Gasteiger partial charge in [-0.15, -0.1) is 11.3 Å². The first kappa shape index (κ1) is 9.00. The summed E-state index contributed by atoms with van der Waals surface area (Å²) in [6, 6.07) is 8.06. The average Bonchev–Trinajstić information content (AvgIpc) is 2.46. The molecule has 1 heterocycles. The molecule has 0 saturated carbocycles. The van der Waals surface area contributed by atoms with Gasteiger partial charge in [-0.3, -0.25) is 0 Å². The van der Waals surface area contributed by atoms with Gasteiger partial charge in [-0.25, -0.2) is 0 Å². The van der Waals surface area contributed by atoms with Crippen LogP contribution in [-0.4, -0.2) is 7.11 Å². The number of thiophene rings is 1. The van der Waals surface area contributed by atoms with Crippen LogP contribution in [0.2, 0.25) is 5.02 Å². The monoisotopic (exact) mass is 212 g/mol. The third-order valence-electron chi connectivity index (χ3n) is 1.82. The predicted molar refractivity (Wildman–Crippen MR) is 57.5 cm³/mol. The molecule has 3 heteroatoms. The van der Waals surface area contributed by atoms with Crippen molar-refractivity contribution in [2.24, 2.45) is 0 Å². The van der Waals surface area contributed by atoms with Crippen LogP contribution in [0.1, 0.15) is 4.88 Å². The van der Waals surface area contributed by atoms with Crippen LogP contribution >= 0.6 is 22.9 Å². The smallest absolute Gasteiger partial charge is 0.0806 e. The number of hydrogen-bond donors (Lipinski definition) is 0. The summed E-state index contributed by atoms with van der Waals surface area (Å²) in [6.45, 7) is 0.678. The molecule has 0 aliphatic rings. The Morgan fingerprint density at radius 1 is 1.38 bits per heavy atom. The standard InChI is InChI=1S/C10H9ClOS/c1-12-6-9-5-7-4-8(11)2-3-10(7)13-9/h2-5H,6H2,1H3. The molecule has 0 radical (unpaired) electrons. The summed E-state index contributed by atoms with van der Waals surface area (Å²) in [5, 5.41) is 1.99. The molecule has 0 saturated heterocycles. The van der Waals surface area contributed by atoms with E-state index < -0.39 is 0 Å². The number of fused-ring (bicyclic) bond motifs is 1. The first-order valence-electron chi connectivity index (χ1n) is 3.96. The molecule has 2 aromatic rings. The van der Waals surface area contributed by atoms with Crippen molar-refractivity contribution in [3.8, 4) is 0 Å². The van der Waals surface area contributed by atoms with E-state index in [0.29, 0.717) is 6.61 Å². The Balaban J connectivity index is 2.49. The number of ether oxygens (including phenoxy) is 1. The molecule has 0 atom stereocenters. The van der Waals surface area contributed by atoms with Gasteiger partial charge in [0, 0.05) is 21.7 Å². The zero-order chi connectivity index (χ0) is 9.26. The minimum atomic E-state index is 0.678. The summed E-state index contributed by atoms with van der Waals surface area (Å²) >= 11 is 7.63. The topological polar surface area (TPSA) is 9.23 Å². The van der Waals surface area contributed by atoms with Gasteiger partial charge in [-0.2, -0.15) is 0 Å². The summed E-state index contributed by atoms with van der Waals surface area (Å²) in [5.74, 6) is 0. The van der Waals surface area contributed by atoms with Crippen LogP contribution in [0.4, 0.5) is 0 Å². The number of hydrogen-bond acceptors (Lipinski definition) is 2. The molecular formula is C10H9ClOS. The fourth-order valence-electron chi connectivity index (χ4n) is 1.28. The van der Waals surface area contributed by atoms with Crippen molar-refractivity contribution in [2.45, 2.75) is 6.61 Å². The lowest BCUT2D eigenvalue weighted by Gasteiger charge is -1.89. The van der Waals surface area contributed by atoms with Crippen molar-refractivity contribution in [3.05, 3.63) is 34.2 Å². The number of rotatable bonds is 2. The second kappa shape index (κ2) is 3.66. The highest BCUT2D eigenvalue weighted by Crippen LogP contribution is 2.28. The number of halogens is 1. The number of methoxy groups -OCH3 is 1. The maximum absolute atomic E-state index is 5.88. The highest BCUT2D eigenvalue weighted by molar-refractivity contribution is 7.19. The van der Waals surface area contributed by atoms with Gasteiger partial charge in [0.05, 0.1) is 6.61 Å². The van der Waals surface area contributed by atoms with Gasteiger partial charge in [0.25, 0.3) is 0 Å². The minimum absolute atomic E-state index is 0.678. The van der Waals surface area contributed by atoms with Gasteiger partial charge in [0.15, 0.2) is 0 Å². The fraction of sp³-hybridized carbons (Fsp3) is 0.200. The van der Waals surface area contributed by atoms with Crippen molar-refractivity contribution in [3.63, 3.8) is 0 Å². The SMILES string of the molecule is COCc1cc2cc(Cl)ccc2s1. The van der Waals surface area contributed by atoms with Crippen molar-refractivity contribution in [1.29, 1.82) is 0 Å². The fourth-order valence-corrected chi connectivity index (χ4v) is 2.48. The van der Waals surface area contributed by atoms with Crippen LogP contribution in [0.3, 0.4) is 0 Å². The van der Waals surface area contributed by atoms with E-state index in [0.717, 1.165) is 5.02 Å². The van der Waals surface area contributed by atoms with Crippen molar-refractivity contribution < 1.29 is 4.74 Å². The molecule has 0 aliphatic carbocycles.